The molecule has 0 aromatic carbocycles. The van der Waals surface area contributed by atoms with Crippen LogP contribution in [0.3, 0.4) is 0 Å². The normalized spacial score (nSPS) is 16.8. The summed E-state index contributed by atoms with van der Waals surface area (Å²) in [7, 11) is 0. The molecule has 0 saturated carbocycles. The SMILES string of the molecule is C.C.C1=COCCCCC1. The second-order valence-corrected chi connectivity index (χ2v) is 2.09. The van der Waals surface area contributed by atoms with Crippen molar-refractivity contribution in [1.82, 2.24) is 0 Å². The third-order valence-corrected chi connectivity index (χ3v) is 1.33. The van der Waals surface area contributed by atoms with Crippen molar-refractivity contribution in [3.8, 4) is 0 Å². The van der Waals surface area contributed by atoms with Gasteiger partial charge in [0.05, 0.1) is 12.9 Å². The van der Waals surface area contributed by atoms with Gasteiger partial charge >= 0.3 is 0 Å². The molecular formula is C9H20O. The van der Waals surface area contributed by atoms with Gasteiger partial charge in [-0.15, -0.1) is 0 Å². The zero-order valence-electron chi connectivity index (χ0n) is 5.10. The molecule has 0 saturated heterocycles. The first-order valence-electron chi connectivity index (χ1n) is 3.27. The molecule has 1 aliphatic heterocycles. The monoisotopic (exact) mass is 144 g/mol. The first kappa shape index (κ1) is 12.2. The van der Waals surface area contributed by atoms with Crippen LogP contribution in [0.5, 0.6) is 0 Å². The van der Waals surface area contributed by atoms with E-state index in [9.17, 15) is 0 Å². The smallest absolute Gasteiger partial charge is 0.0873 e. The van der Waals surface area contributed by atoms with Gasteiger partial charge in [-0.25, -0.2) is 0 Å². The number of rotatable bonds is 0. The lowest BCUT2D eigenvalue weighted by Crippen LogP contribution is -1.90. The van der Waals surface area contributed by atoms with E-state index in [0.29, 0.717) is 0 Å². The Morgan fingerprint density at radius 3 is 2.60 bits per heavy atom. The van der Waals surface area contributed by atoms with Gasteiger partial charge in [0.2, 0.25) is 0 Å². The molecule has 1 heterocycles. The minimum absolute atomic E-state index is 0. The zero-order chi connectivity index (χ0) is 5.66. The van der Waals surface area contributed by atoms with Crippen molar-refractivity contribution in [3.05, 3.63) is 12.3 Å². The Bertz CT molecular complexity index is 66.8. The maximum Gasteiger partial charge on any atom is 0.0873 e. The van der Waals surface area contributed by atoms with Crippen LogP contribution in [0.4, 0.5) is 0 Å². The Kier molecular flexibility index (Phi) is 10.5. The summed E-state index contributed by atoms with van der Waals surface area (Å²) >= 11 is 0. The molecule has 0 spiro atoms. The average Bonchev–Trinajstić information content (AvgIpc) is 1.62. The van der Waals surface area contributed by atoms with E-state index < -0.39 is 0 Å². The summed E-state index contributed by atoms with van der Waals surface area (Å²) < 4.78 is 5.09. The Balaban J connectivity index is 0. The lowest BCUT2D eigenvalue weighted by molar-refractivity contribution is 0.235. The zero-order valence-corrected chi connectivity index (χ0v) is 5.10. The van der Waals surface area contributed by atoms with Crippen LogP contribution in [0.15, 0.2) is 12.3 Å². The van der Waals surface area contributed by atoms with Gasteiger partial charge in [-0.05, 0) is 31.8 Å². The molecule has 0 aliphatic carbocycles. The van der Waals surface area contributed by atoms with Gasteiger partial charge in [0.15, 0.2) is 0 Å². The molecule has 0 aromatic heterocycles. The van der Waals surface area contributed by atoms with E-state index in [1.165, 1.54) is 25.7 Å². The Morgan fingerprint density at radius 1 is 1.00 bits per heavy atom. The van der Waals surface area contributed by atoms with E-state index in [0.717, 1.165) is 6.61 Å². The minimum atomic E-state index is 0. The molecule has 0 bridgehead atoms. The summed E-state index contributed by atoms with van der Waals surface area (Å²) in [4.78, 5) is 0. The van der Waals surface area contributed by atoms with Gasteiger partial charge in [0.1, 0.15) is 0 Å². The largest absolute Gasteiger partial charge is 0.502 e. The van der Waals surface area contributed by atoms with Crippen molar-refractivity contribution in [2.45, 2.75) is 40.5 Å². The predicted molar refractivity (Wildman–Crippen MR) is 47.0 cm³/mol. The Hall–Kier alpha value is -0.460. The molecule has 0 N–H and O–H groups in total. The Morgan fingerprint density at radius 2 is 1.80 bits per heavy atom. The molecule has 0 unspecified atom stereocenters. The molecule has 0 radical (unpaired) electrons. The van der Waals surface area contributed by atoms with Crippen molar-refractivity contribution in [1.29, 1.82) is 0 Å². The van der Waals surface area contributed by atoms with E-state index >= 15 is 0 Å². The van der Waals surface area contributed by atoms with Crippen molar-refractivity contribution in [2.24, 2.45) is 0 Å². The number of hydrogen-bond donors (Lipinski definition) is 0. The van der Waals surface area contributed by atoms with Crippen LogP contribution < -0.4 is 0 Å². The van der Waals surface area contributed by atoms with Crippen molar-refractivity contribution < 1.29 is 4.74 Å². The molecule has 1 nitrogen and oxygen atoms in total. The molecule has 62 valence electrons. The first-order chi connectivity index (χ1) is 4.00. The summed E-state index contributed by atoms with van der Waals surface area (Å²) in [5, 5.41) is 0. The fraction of sp³-hybridized carbons (Fsp3) is 0.778. The van der Waals surface area contributed by atoms with Crippen LogP contribution >= 0.6 is 0 Å². The molecule has 0 fully saturated rings. The molecule has 1 aliphatic rings. The van der Waals surface area contributed by atoms with Crippen LogP contribution in [0.1, 0.15) is 40.5 Å². The Labute approximate surface area is 65.1 Å². The predicted octanol–water partition coefficient (Wildman–Crippen LogP) is 3.36. The average molecular weight is 144 g/mol. The highest BCUT2D eigenvalue weighted by Gasteiger charge is 1.89. The summed E-state index contributed by atoms with van der Waals surface area (Å²) in [5.74, 6) is 0. The molecule has 1 heteroatoms. The highest BCUT2D eigenvalue weighted by molar-refractivity contribution is 4.74. The molecule has 1 rings (SSSR count). The second-order valence-electron chi connectivity index (χ2n) is 2.09. The van der Waals surface area contributed by atoms with Gasteiger partial charge in [0.25, 0.3) is 0 Å². The van der Waals surface area contributed by atoms with Crippen LogP contribution in [-0.2, 0) is 4.74 Å². The van der Waals surface area contributed by atoms with E-state index in [1.807, 2.05) is 6.26 Å². The molecule has 10 heavy (non-hydrogen) atoms. The molecule has 0 atom stereocenters. The van der Waals surface area contributed by atoms with Gasteiger partial charge in [-0.2, -0.15) is 0 Å². The highest BCUT2D eigenvalue weighted by Crippen LogP contribution is 2.04. The van der Waals surface area contributed by atoms with Gasteiger partial charge in [0, 0.05) is 0 Å². The summed E-state index contributed by atoms with van der Waals surface area (Å²) in [6.07, 6.45) is 8.99. The van der Waals surface area contributed by atoms with E-state index in [4.69, 9.17) is 4.74 Å². The summed E-state index contributed by atoms with van der Waals surface area (Å²) in [5.41, 5.74) is 0. The van der Waals surface area contributed by atoms with Crippen LogP contribution in [0.25, 0.3) is 0 Å². The number of ether oxygens (including phenoxy) is 1. The van der Waals surface area contributed by atoms with Crippen molar-refractivity contribution in [3.63, 3.8) is 0 Å². The quantitative estimate of drug-likeness (QED) is 0.506. The number of hydrogen-bond acceptors (Lipinski definition) is 1. The fourth-order valence-corrected chi connectivity index (χ4v) is 0.828. The maximum atomic E-state index is 5.09. The first-order valence-corrected chi connectivity index (χ1v) is 3.27. The van der Waals surface area contributed by atoms with E-state index in [1.54, 1.807) is 0 Å². The maximum absolute atomic E-state index is 5.09. The molecule has 0 amide bonds. The number of allylic oxidation sites excluding steroid dienone is 1. The van der Waals surface area contributed by atoms with Gasteiger partial charge < -0.3 is 4.74 Å². The topological polar surface area (TPSA) is 9.23 Å². The summed E-state index contributed by atoms with van der Waals surface area (Å²) in [6.45, 7) is 0.913. The highest BCUT2D eigenvalue weighted by atomic mass is 16.5. The van der Waals surface area contributed by atoms with Crippen molar-refractivity contribution in [2.75, 3.05) is 6.61 Å². The van der Waals surface area contributed by atoms with E-state index in [2.05, 4.69) is 6.08 Å². The van der Waals surface area contributed by atoms with Gasteiger partial charge in [-0.3, -0.25) is 0 Å². The lowest BCUT2D eigenvalue weighted by atomic mass is 10.2. The van der Waals surface area contributed by atoms with Crippen LogP contribution in [0.2, 0.25) is 0 Å². The van der Waals surface area contributed by atoms with Crippen LogP contribution in [0, 0.1) is 0 Å². The third kappa shape index (κ3) is 5.67. The van der Waals surface area contributed by atoms with Crippen LogP contribution in [-0.4, -0.2) is 6.61 Å². The summed E-state index contributed by atoms with van der Waals surface area (Å²) in [6, 6.07) is 0. The van der Waals surface area contributed by atoms with Crippen molar-refractivity contribution >= 4 is 0 Å². The van der Waals surface area contributed by atoms with Gasteiger partial charge in [-0.1, -0.05) is 14.9 Å². The van der Waals surface area contributed by atoms with E-state index in [-0.39, 0.29) is 14.9 Å². The third-order valence-electron chi connectivity index (χ3n) is 1.33. The standard InChI is InChI=1S/C7H12O.2CH4/c1-2-4-6-8-7-5-3-1;;/h4,6H,1-3,5,7H2;2*1H4. The second kappa shape index (κ2) is 8.54. The lowest BCUT2D eigenvalue weighted by Gasteiger charge is -2.02. The molecular weight excluding hydrogens is 124 g/mol. The fourth-order valence-electron chi connectivity index (χ4n) is 0.828. The minimum Gasteiger partial charge on any atom is -0.502 e. The molecule has 0 aromatic rings.